The molecule has 1 saturated carbocycles. The van der Waals surface area contributed by atoms with E-state index in [0.717, 1.165) is 48.8 Å². The Bertz CT molecular complexity index is 683. The van der Waals surface area contributed by atoms with Gasteiger partial charge >= 0.3 is 0 Å². The minimum absolute atomic E-state index is 0.0758. The molecule has 6 heteroatoms. The SMILES string of the molecule is O=C(NC1CC1)[C@H]1CCCN1c1nnc(Cc2ccccc2)s1. The van der Waals surface area contributed by atoms with Crippen molar-refractivity contribution >= 4 is 22.4 Å². The molecule has 2 aromatic rings. The maximum Gasteiger partial charge on any atom is 0.243 e. The second kappa shape index (κ2) is 6.28. The van der Waals surface area contributed by atoms with E-state index < -0.39 is 0 Å². The number of anilines is 1. The highest BCUT2D eigenvalue weighted by molar-refractivity contribution is 7.15. The number of nitrogens with one attached hydrogen (secondary N) is 1. The van der Waals surface area contributed by atoms with Crippen LogP contribution in [0.15, 0.2) is 30.3 Å². The van der Waals surface area contributed by atoms with E-state index in [9.17, 15) is 4.79 Å². The predicted molar refractivity (Wildman–Crippen MR) is 90.7 cm³/mol. The van der Waals surface area contributed by atoms with Crippen LogP contribution in [0, 0.1) is 0 Å². The average molecular weight is 328 g/mol. The summed E-state index contributed by atoms with van der Waals surface area (Å²) in [6.45, 7) is 0.892. The van der Waals surface area contributed by atoms with Crippen molar-refractivity contribution in [3.8, 4) is 0 Å². The normalized spacial score (nSPS) is 20.7. The van der Waals surface area contributed by atoms with Gasteiger partial charge in [-0.25, -0.2) is 0 Å². The van der Waals surface area contributed by atoms with E-state index in [0.29, 0.717) is 6.04 Å². The maximum absolute atomic E-state index is 12.4. The second-order valence-corrected chi connectivity index (χ2v) is 7.32. The molecule has 0 radical (unpaired) electrons. The number of nitrogens with zero attached hydrogens (tertiary/aromatic N) is 3. The van der Waals surface area contributed by atoms with E-state index in [-0.39, 0.29) is 11.9 Å². The van der Waals surface area contributed by atoms with E-state index >= 15 is 0 Å². The van der Waals surface area contributed by atoms with Gasteiger partial charge in [0.25, 0.3) is 0 Å². The Labute approximate surface area is 139 Å². The van der Waals surface area contributed by atoms with Gasteiger partial charge in [0.1, 0.15) is 11.0 Å². The Morgan fingerprint density at radius 2 is 2.04 bits per heavy atom. The fraction of sp³-hybridized carbons (Fsp3) is 0.471. The summed E-state index contributed by atoms with van der Waals surface area (Å²) in [7, 11) is 0. The third kappa shape index (κ3) is 3.37. The van der Waals surface area contributed by atoms with Gasteiger partial charge < -0.3 is 10.2 Å². The lowest BCUT2D eigenvalue weighted by molar-refractivity contribution is -0.122. The lowest BCUT2D eigenvalue weighted by Crippen LogP contribution is -2.44. The van der Waals surface area contributed by atoms with Crippen LogP contribution in [0.25, 0.3) is 0 Å². The number of rotatable bonds is 5. The molecule has 2 heterocycles. The van der Waals surface area contributed by atoms with Crippen LogP contribution in [0.4, 0.5) is 5.13 Å². The van der Waals surface area contributed by atoms with Crippen LogP contribution in [0.5, 0.6) is 0 Å². The monoisotopic (exact) mass is 328 g/mol. The Balaban J connectivity index is 1.45. The third-order valence-electron chi connectivity index (χ3n) is 4.38. The van der Waals surface area contributed by atoms with Gasteiger partial charge in [0.2, 0.25) is 11.0 Å². The second-order valence-electron chi connectivity index (χ2n) is 6.28. The minimum Gasteiger partial charge on any atom is -0.352 e. The standard InChI is InChI=1S/C17H20N4OS/c22-16(18-13-8-9-13)14-7-4-10-21(14)17-20-19-15(23-17)11-12-5-2-1-3-6-12/h1-3,5-6,13-14H,4,7-11H2,(H,18,22)/t14-/m1/s1. The first-order valence-corrected chi connectivity index (χ1v) is 9.04. The number of benzene rings is 1. The number of carbonyl (C=O) groups excluding carboxylic acids is 1. The zero-order valence-corrected chi connectivity index (χ0v) is 13.8. The van der Waals surface area contributed by atoms with Crippen LogP contribution in [0.2, 0.25) is 0 Å². The van der Waals surface area contributed by atoms with Gasteiger partial charge in [0, 0.05) is 19.0 Å². The smallest absolute Gasteiger partial charge is 0.243 e. The van der Waals surface area contributed by atoms with E-state index in [1.165, 1.54) is 5.56 Å². The molecular weight excluding hydrogens is 308 g/mol. The highest BCUT2D eigenvalue weighted by Gasteiger charge is 2.35. The Morgan fingerprint density at radius 1 is 1.22 bits per heavy atom. The van der Waals surface area contributed by atoms with Gasteiger partial charge in [-0.05, 0) is 31.2 Å². The molecule has 0 spiro atoms. The van der Waals surface area contributed by atoms with Gasteiger partial charge in [0.15, 0.2) is 0 Å². The molecule has 1 aliphatic heterocycles. The molecule has 0 unspecified atom stereocenters. The summed E-state index contributed by atoms with van der Waals surface area (Å²) in [6, 6.07) is 10.6. The van der Waals surface area contributed by atoms with Crippen molar-refractivity contribution in [2.24, 2.45) is 0 Å². The topological polar surface area (TPSA) is 58.1 Å². The Morgan fingerprint density at radius 3 is 2.83 bits per heavy atom. The molecule has 0 bridgehead atoms. The Hall–Kier alpha value is -1.95. The molecule has 1 saturated heterocycles. The highest BCUT2D eigenvalue weighted by Crippen LogP contribution is 2.30. The number of amides is 1. The summed E-state index contributed by atoms with van der Waals surface area (Å²) >= 11 is 1.60. The van der Waals surface area contributed by atoms with E-state index in [1.54, 1.807) is 11.3 Å². The van der Waals surface area contributed by atoms with Gasteiger partial charge in [0.05, 0.1) is 0 Å². The van der Waals surface area contributed by atoms with Gasteiger partial charge in [-0.1, -0.05) is 41.7 Å². The molecule has 1 aromatic heterocycles. The molecule has 1 aliphatic carbocycles. The van der Waals surface area contributed by atoms with Crippen molar-refractivity contribution in [3.05, 3.63) is 40.9 Å². The molecule has 1 N–H and O–H groups in total. The number of aromatic nitrogens is 2. The third-order valence-corrected chi connectivity index (χ3v) is 5.34. The summed E-state index contributed by atoms with van der Waals surface area (Å²) in [5, 5.41) is 13.7. The Kier molecular flexibility index (Phi) is 3.99. The summed E-state index contributed by atoms with van der Waals surface area (Å²) < 4.78 is 0. The van der Waals surface area contributed by atoms with Crippen LogP contribution in [0.1, 0.15) is 36.3 Å². The zero-order chi connectivity index (χ0) is 15.6. The van der Waals surface area contributed by atoms with Crippen molar-refractivity contribution < 1.29 is 4.79 Å². The van der Waals surface area contributed by atoms with Crippen molar-refractivity contribution in [1.29, 1.82) is 0 Å². The molecule has 2 fully saturated rings. The number of hydrogen-bond acceptors (Lipinski definition) is 5. The molecule has 4 rings (SSSR count). The van der Waals surface area contributed by atoms with Crippen molar-refractivity contribution in [2.75, 3.05) is 11.4 Å². The summed E-state index contributed by atoms with van der Waals surface area (Å²) in [5.41, 5.74) is 1.24. The van der Waals surface area contributed by atoms with Crippen molar-refractivity contribution in [1.82, 2.24) is 15.5 Å². The van der Waals surface area contributed by atoms with Crippen LogP contribution < -0.4 is 10.2 Å². The molecular formula is C17H20N4OS. The lowest BCUT2D eigenvalue weighted by atomic mass is 10.2. The molecule has 120 valence electrons. The van der Waals surface area contributed by atoms with E-state index in [1.807, 2.05) is 18.2 Å². The molecule has 1 atom stereocenters. The fourth-order valence-corrected chi connectivity index (χ4v) is 3.94. The molecule has 1 aromatic carbocycles. The summed E-state index contributed by atoms with van der Waals surface area (Å²) in [4.78, 5) is 14.5. The van der Waals surface area contributed by atoms with Crippen LogP contribution in [-0.4, -0.2) is 34.7 Å². The van der Waals surface area contributed by atoms with E-state index in [4.69, 9.17) is 0 Å². The first-order chi connectivity index (χ1) is 11.3. The quantitative estimate of drug-likeness (QED) is 0.915. The zero-order valence-electron chi connectivity index (χ0n) is 12.9. The molecule has 5 nitrogen and oxygen atoms in total. The first kappa shape index (κ1) is 14.6. The van der Waals surface area contributed by atoms with Crippen LogP contribution in [0.3, 0.4) is 0 Å². The number of carbonyl (C=O) groups is 1. The molecule has 2 aliphatic rings. The van der Waals surface area contributed by atoms with Crippen molar-refractivity contribution in [3.63, 3.8) is 0 Å². The molecule has 1 amide bonds. The largest absolute Gasteiger partial charge is 0.352 e. The lowest BCUT2D eigenvalue weighted by Gasteiger charge is -2.22. The average Bonchev–Trinajstić information content (AvgIpc) is 3.06. The fourth-order valence-electron chi connectivity index (χ4n) is 3.00. The van der Waals surface area contributed by atoms with Gasteiger partial charge in [-0.15, -0.1) is 10.2 Å². The van der Waals surface area contributed by atoms with Crippen LogP contribution >= 0.6 is 11.3 Å². The maximum atomic E-state index is 12.4. The summed E-state index contributed by atoms with van der Waals surface area (Å²) in [5.74, 6) is 0.157. The van der Waals surface area contributed by atoms with Crippen LogP contribution in [-0.2, 0) is 11.2 Å². The van der Waals surface area contributed by atoms with E-state index in [2.05, 4.69) is 32.5 Å². The first-order valence-electron chi connectivity index (χ1n) is 8.23. The van der Waals surface area contributed by atoms with Gasteiger partial charge in [-0.3, -0.25) is 4.79 Å². The number of hydrogen-bond donors (Lipinski definition) is 1. The predicted octanol–water partition coefficient (Wildman–Crippen LogP) is 2.38. The highest BCUT2D eigenvalue weighted by atomic mass is 32.1. The minimum atomic E-state index is -0.0758. The summed E-state index contributed by atoms with van der Waals surface area (Å²) in [6.07, 6.45) is 4.99. The van der Waals surface area contributed by atoms with Gasteiger partial charge in [-0.2, -0.15) is 0 Å². The van der Waals surface area contributed by atoms with Crippen molar-refractivity contribution in [2.45, 2.75) is 44.2 Å². The molecule has 23 heavy (non-hydrogen) atoms.